The number of aryl methyl sites for hydroxylation is 1. The standard InChI is InChI=1S/C19H19ClN4O2S/c1-13-2-8-16(9-3-13)24-12-22-23-19(24)27-11-18(26)21-10-17(25)14-4-6-15(20)7-5-14/h2-9,12,17,25H,10-11H2,1H3,(H,21,26). The van der Waals surface area contributed by atoms with Crippen molar-refractivity contribution in [1.29, 1.82) is 0 Å². The number of carbonyl (C=O) groups is 1. The van der Waals surface area contributed by atoms with Crippen LogP contribution in [-0.2, 0) is 4.79 Å². The molecule has 3 aromatic rings. The number of hydrogen-bond acceptors (Lipinski definition) is 5. The zero-order valence-electron chi connectivity index (χ0n) is 14.7. The summed E-state index contributed by atoms with van der Waals surface area (Å²) in [6.45, 7) is 2.15. The molecule has 27 heavy (non-hydrogen) atoms. The van der Waals surface area contributed by atoms with E-state index in [1.807, 2.05) is 35.8 Å². The Bertz CT molecular complexity index is 897. The van der Waals surface area contributed by atoms with E-state index in [9.17, 15) is 9.90 Å². The molecular formula is C19H19ClN4O2S. The summed E-state index contributed by atoms with van der Waals surface area (Å²) >= 11 is 7.12. The van der Waals surface area contributed by atoms with E-state index in [0.29, 0.717) is 15.7 Å². The maximum absolute atomic E-state index is 12.1. The summed E-state index contributed by atoms with van der Waals surface area (Å²) in [6.07, 6.45) is 0.835. The molecule has 3 rings (SSSR count). The predicted octanol–water partition coefficient (Wildman–Crippen LogP) is 3.17. The molecule has 1 heterocycles. The third kappa shape index (κ3) is 5.32. The van der Waals surface area contributed by atoms with E-state index in [4.69, 9.17) is 11.6 Å². The number of aromatic nitrogens is 3. The first-order valence-corrected chi connectivity index (χ1v) is 9.69. The molecule has 2 N–H and O–H groups in total. The number of aliphatic hydroxyl groups excluding tert-OH is 1. The molecule has 1 atom stereocenters. The van der Waals surface area contributed by atoms with Crippen molar-refractivity contribution in [3.05, 3.63) is 71.0 Å². The number of nitrogens with one attached hydrogen (secondary N) is 1. The van der Waals surface area contributed by atoms with E-state index in [1.165, 1.54) is 17.3 Å². The van der Waals surface area contributed by atoms with E-state index in [2.05, 4.69) is 15.5 Å². The van der Waals surface area contributed by atoms with Crippen LogP contribution in [0.2, 0.25) is 5.02 Å². The normalized spacial score (nSPS) is 12.0. The summed E-state index contributed by atoms with van der Waals surface area (Å²) in [5.74, 6) is -0.00999. The minimum atomic E-state index is -0.785. The highest BCUT2D eigenvalue weighted by molar-refractivity contribution is 7.99. The SMILES string of the molecule is Cc1ccc(-n2cnnc2SCC(=O)NCC(O)c2ccc(Cl)cc2)cc1. The Labute approximate surface area is 166 Å². The van der Waals surface area contributed by atoms with Gasteiger partial charge >= 0.3 is 0 Å². The third-order valence-electron chi connectivity index (χ3n) is 3.91. The Hall–Kier alpha value is -2.35. The molecule has 0 fully saturated rings. The average molecular weight is 403 g/mol. The van der Waals surface area contributed by atoms with Crippen LogP contribution in [0.25, 0.3) is 5.69 Å². The van der Waals surface area contributed by atoms with Crippen molar-refractivity contribution in [3.8, 4) is 5.69 Å². The number of aliphatic hydroxyl groups is 1. The van der Waals surface area contributed by atoms with Crippen LogP contribution in [0.1, 0.15) is 17.2 Å². The molecule has 140 valence electrons. The van der Waals surface area contributed by atoms with Crippen LogP contribution in [0.15, 0.2) is 60.0 Å². The van der Waals surface area contributed by atoms with Crippen molar-refractivity contribution in [1.82, 2.24) is 20.1 Å². The van der Waals surface area contributed by atoms with Gasteiger partial charge in [0.1, 0.15) is 6.33 Å². The highest BCUT2D eigenvalue weighted by Crippen LogP contribution is 2.20. The maximum Gasteiger partial charge on any atom is 0.230 e. The molecule has 0 spiro atoms. The lowest BCUT2D eigenvalue weighted by Gasteiger charge is -2.12. The number of rotatable bonds is 7. The molecule has 1 aromatic heterocycles. The summed E-state index contributed by atoms with van der Waals surface area (Å²) < 4.78 is 1.83. The van der Waals surface area contributed by atoms with Gasteiger partial charge in [-0.25, -0.2) is 0 Å². The summed E-state index contributed by atoms with van der Waals surface area (Å²) in [7, 11) is 0. The number of halogens is 1. The minimum absolute atomic E-state index is 0.131. The zero-order valence-corrected chi connectivity index (χ0v) is 16.2. The van der Waals surface area contributed by atoms with Crippen molar-refractivity contribution >= 4 is 29.3 Å². The molecular weight excluding hydrogens is 384 g/mol. The number of hydrogen-bond donors (Lipinski definition) is 2. The average Bonchev–Trinajstić information content (AvgIpc) is 3.14. The Kier molecular flexibility index (Phi) is 6.49. The second-order valence-electron chi connectivity index (χ2n) is 5.98. The van der Waals surface area contributed by atoms with Gasteiger partial charge in [-0.1, -0.05) is 53.2 Å². The van der Waals surface area contributed by atoms with Crippen LogP contribution >= 0.6 is 23.4 Å². The van der Waals surface area contributed by atoms with Gasteiger partial charge in [0.25, 0.3) is 0 Å². The molecule has 0 bridgehead atoms. The first-order valence-electron chi connectivity index (χ1n) is 8.33. The molecule has 0 radical (unpaired) electrons. The fourth-order valence-electron chi connectivity index (χ4n) is 2.40. The van der Waals surface area contributed by atoms with Crippen molar-refractivity contribution < 1.29 is 9.90 Å². The van der Waals surface area contributed by atoms with Crippen LogP contribution in [-0.4, -0.2) is 38.1 Å². The van der Waals surface area contributed by atoms with E-state index < -0.39 is 6.10 Å². The van der Waals surface area contributed by atoms with Gasteiger partial charge in [0.05, 0.1) is 11.9 Å². The number of nitrogens with zero attached hydrogens (tertiary/aromatic N) is 3. The number of amides is 1. The molecule has 1 unspecified atom stereocenters. The fraction of sp³-hybridized carbons (Fsp3) is 0.211. The van der Waals surface area contributed by atoms with E-state index in [-0.39, 0.29) is 18.2 Å². The van der Waals surface area contributed by atoms with Crippen molar-refractivity contribution in [2.24, 2.45) is 0 Å². The molecule has 1 amide bonds. The van der Waals surface area contributed by atoms with Gasteiger partial charge in [-0.3, -0.25) is 9.36 Å². The summed E-state index contributed by atoms with van der Waals surface area (Å²) in [5, 5.41) is 22.1. The highest BCUT2D eigenvalue weighted by Gasteiger charge is 2.12. The molecule has 0 aliphatic heterocycles. The summed E-state index contributed by atoms with van der Waals surface area (Å²) in [4.78, 5) is 12.1. The number of benzene rings is 2. The predicted molar refractivity (Wildman–Crippen MR) is 106 cm³/mol. The van der Waals surface area contributed by atoms with Gasteiger partial charge in [-0.05, 0) is 36.8 Å². The molecule has 2 aromatic carbocycles. The van der Waals surface area contributed by atoms with E-state index in [0.717, 1.165) is 5.69 Å². The third-order valence-corrected chi connectivity index (χ3v) is 5.10. The molecule has 0 aliphatic carbocycles. The monoisotopic (exact) mass is 402 g/mol. The topological polar surface area (TPSA) is 80.0 Å². The van der Waals surface area contributed by atoms with Gasteiger partial charge in [0, 0.05) is 17.3 Å². The lowest BCUT2D eigenvalue weighted by atomic mass is 10.1. The van der Waals surface area contributed by atoms with Gasteiger partial charge < -0.3 is 10.4 Å². The second kappa shape index (κ2) is 9.03. The first-order chi connectivity index (χ1) is 13.0. The Morgan fingerprint density at radius 1 is 1.22 bits per heavy atom. The van der Waals surface area contributed by atoms with Crippen LogP contribution in [0.5, 0.6) is 0 Å². The van der Waals surface area contributed by atoms with Crippen LogP contribution in [0.4, 0.5) is 0 Å². The van der Waals surface area contributed by atoms with Crippen LogP contribution < -0.4 is 5.32 Å². The minimum Gasteiger partial charge on any atom is -0.387 e. The molecule has 0 saturated carbocycles. The van der Waals surface area contributed by atoms with E-state index >= 15 is 0 Å². The highest BCUT2D eigenvalue weighted by atomic mass is 35.5. The molecule has 6 nitrogen and oxygen atoms in total. The second-order valence-corrected chi connectivity index (χ2v) is 7.36. The van der Waals surface area contributed by atoms with E-state index in [1.54, 1.807) is 30.6 Å². The summed E-state index contributed by atoms with van der Waals surface area (Å²) in [6, 6.07) is 14.8. The largest absolute Gasteiger partial charge is 0.387 e. The van der Waals surface area contributed by atoms with Gasteiger partial charge in [-0.2, -0.15) is 0 Å². The fourth-order valence-corrected chi connectivity index (χ4v) is 3.28. The molecule has 0 aliphatic rings. The van der Waals surface area contributed by atoms with Crippen molar-refractivity contribution in [2.75, 3.05) is 12.3 Å². The first kappa shape index (κ1) is 19.4. The summed E-state index contributed by atoms with van der Waals surface area (Å²) in [5.41, 5.74) is 2.80. The zero-order chi connectivity index (χ0) is 19.2. The quantitative estimate of drug-likeness (QED) is 0.593. The molecule has 8 heteroatoms. The number of thioether (sulfide) groups is 1. The van der Waals surface area contributed by atoms with Crippen LogP contribution in [0.3, 0.4) is 0 Å². The molecule has 0 saturated heterocycles. The van der Waals surface area contributed by atoms with Crippen molar-refractivity contribution in [2.45, 2.75) is 18.2 Å². The Morgan fingerprint density at radius 3 is 2.63 bits per heavy atom. The van der Waals surface area contributed by atoms with Crippen molar-refractivity contribution in [3.63, 3.8) is 0 Å². The smallest absolute Gasteiger partial charge is 0.230 e. The lowest BCUT2D eigenvalue weighted by molar-refractivity contribution is -0.119. The van der Waals surface area contributed by atoms with Gasteiger partial charge in [-0.15, -0.1) is 10.2 Å². The Balaban J connectivity index is 1.52. The number of carbonyl (C=O) groups excluding carboxylic acids is 1. The lowest BCUT2D eigenvalue weighted by Crippen LogP contribution is -2.29. The van der Waals surface area contributed by atoms with Gasteiger partial charge in [0.2, 0.25) is 5.91 Å². The maximum atomic E-state index is 12.1. The van der Waals surface area contributed by atoms with Gasteiger partial charge in [0.15, 0.2) is 5.16 Å². The Morgan fingerprint density at radius 2 is 1.93 bits per heavy atom. The van der Waals surface area contributed by atoms with Crippen LogP contribution in [0, 0.1) is 6.92 Å².